The van der Waals surface area contributed by atoms with Crippen molar-refractivity contribution in [1.82, 2.24) is 4.72 Å². The van der Waals surface area contributed by atoms with E-state index in [1.807, 2.05) is 35.1 Å². The molecule has 0 unspecified atom stereocenters. The van der Waals surface area contributed by atoms with Crippen LogP contribution >= 0.6 is 11.3 Å². The molecule has 0 aliphatic rings. The summed E-state index contributed by atoms with van der Waals surface area (Å²) >= 11 is 1.12. The topological polar surface area (TPSA) is 75.3 Å². The number of hydrogen-bond acceptors (Lipinski definition) is 4. The molecule has 0 atom stereocenters. The summed E-state index contributed by atoms with van der Waals surface area (Å²) in [6.07, 6.45) is 0. The quantitative estimate of drug-likeness (QED) is 0.759. The monoisotopic (exact) mass is 346 g/mol. The molecule has 7 heteroatoms. The number of nitrogens with one attached hydrogen (secondary N) is 2. The van der Waals surface area contributed by atoms with Crippen molar-refractivity contribution in [3.8, 4) is 0 Å². The Balaban J connectivity index is 1.82. The molecule has 0 radical (unpaired) electrons. The van der Waals surface area contributed by atoms with E-state index in [0.717, 1.165) is 27.0 Å². The zero-order valence-corrected chi connectivity index (χ0v) is 13.9. The number of fused-ring (bicyclic) bond motifs is 1. The van der Waals surface area contributed by atoms with E-state index in [-0.39, 0.29) is 4.21 Å². The van der Waals surface area contributed by atoms with Gasteiger partial charge in [0.25, 0.3) is 10.0 Å². The van der Waals surface area contributed by atoms with Gasteiger partial charge in [-0.15, -0.1) is 11.3 Å². The zero-order chi connectivity index (χ0) is 16.4. The number of rotatable bonds is 3. The lowest BCUT2D eigenvalue weighted by Gasteiger charge is -2.10. The van der Waals surface area contributed by atoms with E-state index in [2.05, 4.69) is 5.32 Å². The summed E-state index contributed by atoms with van der Waals surface area (Å²) in [6.45, 7) is 1.81. The summed E-state index contributed by atoms with van der Waals surface area (Å²) in [5, 5.41) is 4.40. The van der Waals surface area contributed by atoms with E-state index in [9.17, 15) is 13.2 Å². The SMILES string of the molecule is Cc1ccc(S(=O)(=O)NC(=O)Nc2cccc3ccccc23)s1. The van der Waals surface area contributed by atoms with E-state index in [1.54, 1.807) is 25.1 Å². The van der Waals surface area contributed by atoms with Gasteiger partial charge in [0.15, 0.2) is 0 Å². The summed E-state index contributed by atoms with van der Waals surface area (Å²) in [7, 11) is -3.86. The Morgan fingerprint density at radius 3 is 2.48 bits per heavy atom. The fraction of sp³-hybridized carbons (Fsp3) is 0.0625. The van der Waals surface area contributed by atoms with Gasteiger partial charge in [-0.2, -0.15) is 0 Å². The minimum atomic E-state index is -3.86. The predicted molar refractivity (Wildman–Crippen MR) is 92.3 cm³/mol. The third-order valence-corrected chi connectivity index (χ3v) is 6.07. The van der Waals surface area contributed by atoms with E-state index < -0.39 is 16.1 Å². The average Bonchev–Trinajstić information content (AvgIpc) is 2.95. The molecule has 0 aliphatic heterocycles. The van der Waals surface area contributed by atoms with Crippen molar-refractivity contribution >= 4 is 43.9 Å². The molecule has 2 aromatic carbocycles. The molecule has 3 rings (SSSR count). The third-order valence-electron chi connectivity index (χ3n) is 3.25. The van der Waals surface area contributed by atoms with Gasteiger partial charge in [0, 0.05) is 10.3 Å². The average molecular weight is 346 g/mol. The first-order valence-electron chi connectivity index (χ1n) is 6.84. The van der Waals surface area contributed by atoms with Crippen LogP contribution in [0.15, 0.2) is 58.8 Å². The Bertz CT molecular complexity index is 972. The molecule has 2 amide bonds. The first kappa shape index (κ1) is 15.5. The number of amides is 2. The Labute approximate surface area is 138 Å². The number of hydrogen-bond donors (Lipinski definition) is 2. The molecule has 0 fully saturated rings. The van der Waals surface area contributed by atoms with Crippen LogP contribution in [-0.2, 0) is 10.0 Å². The summed E-state index contributed by atoms with van der Waals surface area (Å²) in [4.78, 5) is 12.9. The summed E-state index contributed by atoms with van der Waals surface area (Å²) in [6, 6.07) is 15.4. The van der Waals surface area contributed by atoms with Crippen LogP contribution in [0.25, 0.3) is 10.8 Å². The first-order valence-corrected chi connectivity index (χ1v) is 9.14. The standard InChI is InChI=1S/C16H14N2O3S2/c1-11-9-10-15(22-11)23(20,21)18-16(19)17-14-8-4-6-12-5-2-3-7-13(12)14/h2-10H,1H3,(H2,17,18,19). The normalized spacial score (nSPS) is 11.3. The highest BCUT2D eigenvalue weighted by Crippen LogP contribution is 2.23. The van der Waals surface area contributed by atoms with Crippen molar-refractivity contribution in [2.24, 2.45) is 0 Å². The van der Waals surface area contributed by atoms with Crippen molar-refractivity contribution in [3.05, 3.63) is 59.5 Å². The van der Waals surface area contributed by atoms with Crippen molar-refractivity contribution in [3.63, 3.8) is 0 Å². The molecule has 23 heavy (non-hydrogen) atoms. The van der Waals surface area contributed by atoms with Gasteiger partial charge in [-0.25, -0.2) is 17.9 Å². The molecule has 0 aliphatic carbocycles. The van der Waals surface area contributed by atoms with E-state index in [1.165, 1.54) is 6.07 Å². The van der Waals surface area contributed by atoms with Crippen molar-refractivity contribution in [2.75, 3.05) is 5.32 Å². The van der Waals surface area contributed by atoms with Gasteiger partial charge in [-0.1, -0.05) is 36.4 Å². The second-order valence-electron chi connectivity index (χ2n) is 4.95. The fourth-order valence-electron chi connectivity index (χ4n) is 2.21. The fourth-order valence-corrected chi connectivity index (χ4v) is 4.40. The smallest absolute Gasteiger partial charge is 0.307 e. The minimum absolute atomic E-state index is 0.114. The van der Waals surface area contributed by atoms with E-state index in [4.69, 9.17) is 0 Å². The van der Waals surface area contributed by atoms with Gasteiger partial charge in [0.2, 0.25) is 0 Å². The van der Waals surface area contributed by atoms with Gasteiger partial charge >= 0.3 is 6.03 Å². The lowest BCUT2D eigenvalue weighted by atomic mass is 10.1. The number of carbonyl (C=O) groups is 1. The maximum Gasteiger partial charge on any atom is 0.333 e. The highest BCUT2D eigenvalue weighted by Gasteiger charge is 2.19. The highest BCUT2D eigenvalue weighted by atomic mass is 32.2. The maximum atomic E-state index is 12.1. The lowest BCUT2D eigenvalue weighted by Crippen LogP contribution is -2.34. The molecule has 0 bridgehead atoms. The van der Waals surface area contributed by atoms with Crippen LogP contribution in [0.3, 0.4) is 0 Å². The summed E-state index contributed by atoms with van der Waals surface area (Å²) in [5.41, 5.74) is 0.554. The molecule has 2 N–H and O–H groups in total. The number of sulfonamides is 1. The van der Waals surface area contributed by atoms with E-state index >= 15 is 0 Å². The lowest BCUT2D eigenvalue weighted by molar-refractivity contribution is 0.256. The van der Waals surface area contributed by atoms with Gasteiger partial charge < -0.3 is 5.32 Å². The van der Waals surface area contributed by atoms with Crippen molar-refractivity contribution in [1.29, 1.82) is 0 Å². The second-order valence-corrected chi connectivity index (χ2v) is 8.15. The molecular weight excluding hydrogens is 332 g/mol. The minimum Gasteiger partial charge on any atom is -0.307 e. The van der Waals surface area contributed by atoms with Crippen LogP contribution < -0.4 is 10.0 Å². The third kappa shape index (κ3) is 3.35. The van der Waals surface area contributed by atoms with Gasteiger partial charge in [-0.05, 0) is 30.5 Å². The number of benzene rings is 2. The van der Waals surface area contributed by atoms with Crippen LogP contribution in [0, 0.1) is 6.92 Å². The summed E-state index contributed by atoms with van der Waals surface area (Å²) < 4.78 is 26.4. The van der Waals surface area contributed by atoms with Gasteiger partial charge in [-0.3, -0.25) is 0 Å². The molecule has 118 valence electrons. The Morgan fingerprint density at radius 1 is 1.00 bits per heavy atom. The molecule has 0 saturated heterocycles. The molecule has 0 spiro atoms. The Kier molecular flexibility index (Phi) is 4.06. The van der Waals surface area contributed by atoms with Gasteiger partial charge in [0.1, 0.15) is 4.21 Å². The predicted octanol–water partition coefficient (Wildman–Crippen LogP) is 3.72. The zero-order valence-electron chi connectivity index (χ0n) is 12.2. The number of aryl methyl sites for hydroxylation is 1. The number of anilines is 1. The first-order chi connectivity index (χ1) is 11.0. The highest BCUT2D eigenvalue weighted by molar-refractivity contribution is 7.92. The van der Waals surface area contributed by atoms with Crippen LogP contribution in [0.1, 0.15) is 4.88 Å². The van der Waals surface area contributed by atoms with Crippen LogP contribution in [-0.4, -0.2) is 14.4 Å². The van der Waals surface area contributed by atoms with Crippen LogP contribution in [0.4, 0.5) is 10.5 Å². The van der Waals surface area contributed by atoms with Crippen molar-refractivity contribution in [2.45, 2.75) is 11.1 Å². The van der Waals surface area contributed by atoms with Crippen LogP contribution in [0.2, 0.25) is 0 Å². The second kappa shape index (κ2) is 6.02. The Hall–Kier alpha value is -2.38. The molecule has 1 aromatic heterocycles. The molecule has 3 aromatic rings. The van der Waals surface area contributed by atoms with Crippen molar-refractivity contribution < 1.29 is 13.2 Å². The van der Waals surface area contributed by atoms with Gasteiger partial charge in [0.05, 0.1) is 5.69 Å². The number of urea groups is 1. The summed E-state index contributed by atoms with van der Waals surface area (Å²) in [5.74, 6) is 0. The largest absolute Gasteiger partial charge is 0.333 e. The Morgan fingerprint density at radius 2 is 1.74 bits per heavy atom. The molecular formula is C16H14N2O3S2. The molecule has 1 heterocycles. The van der Waals surface area contributed by atoms with Crippen LogP contribution in [0.5, 0.6) is 0 Å². The molecule has 5 nitrogen and oxygen atoms in total. The van der Waals surface area contributed by atoms with E-state index in [0.29, 0.717) is 5.69 Å². The maximum absolute atomic E-state index is 12.1. The number of thiophene rings is 1. The molecule has 0 saturated carbocycles. The number of carbonyl (C=O) groups excluding carboxylic acids is 1.